The Bertz CT molecular complexity index is 826. The predicted molar refractivity (Wildman–Crippen MR) is 123 cm³/mol. The Hall–Kier alpha value is -2.10. The zero-order valence-corrected chi connectivity index (χ0v) is 19.2. The van der Waals surface area contributed by atoms with Gasteiger partial charge in [-0.05, 0) is 35.4 Å². The fraction of sp³-hybridized carbons (Fsp3) is 0.458. The lowest BCUT2D eigenvalue weighted by Crippen LogP contribution is -2.55. The van der Waals surface area contributed by atoms with Gasteiger partial charge in [-0.3, -0.25) is 9.69 Å². The van der Waals surface area contributed by atoms with Crippen LogP contribution in [0.5, 0.6) is 0 Å². The van der Waals surface area contributed by atoms with Crippen molar-refractivity contribution < 1.29 is 23.0 Å². The molecule has 9 heteroatoms. The minimum absolute atomic E-state index is 0. The summed E-state index contributed by atoms with van der Waals surface area (Å²) >= 11 is 0. The van der Waals surface area contributed by atoms with Crippen LogP contribution in [0.3, 0.4) is 0 Å². The number of nitrogens with one attached hydrogen (secondary N) is 1. The van der Waals surface area contributed by atoms with E-state index in [0.29, 0.717) is 39.4 Å². The third-order valence-electron chi connectivity index (χ3n) is 5.92. The molecule has 180 valence electrons. The van der Waals surface area contributed by atoms with Crippen molar-refractivity contribution in [3.05, 3.63) is 71.3 Å². The molecule has 2 aromatic rings. The van der Waals surface area contributed by atoms with Crippen LogP contribution in [0, 0.1) is 11.6 Å². The number of halogens is 3. The molecule has 4 rings (SSSR count). The van der Waals surface area contributed by atoms with E-state index in [2.05, 4.69) is 10.2 Å². The van der Waals surface area contributed by atoms with Gasteiger partial charge in [-0.15, -0.1) is 12.4 Å². The Kier molecular flexibility index (Phi) is 9.58. The molecule has 1 N–H and O–H groups in total. The first-order valence-corrected chi connectivity index (χ1v) is 11.1. The molecule has 2 aliphatic heterocycles. The third-order valence-corrected chi connectivity index (χ3v) is 5.92. The molecule has 0 radical (unpaired) electrons. The van der Waals surface area contributed by atoms with E-state index < -0.39 is 6.10 Å². The van der Waals surface area contributed by atoms with Gasteiger partial charge in [0.25, 0.3) is 5.91 Å². The monoisotopic (exact) mass is 481 g/mol. The van der Waals surface area contributed by atoms with Crippen molar-refractivity contribution >= 4 is 18.3 Å². The normalized spacial score (nSPS) is 19.4. The van der Waals surface area contributed by atoms with E-state index in [-0.39, 0.29) is 36.1 Å². The van der Waals surface area contributed by atoms with E-state index in [1.807, 2.05) is 4.90 Å². The maximum Gasteiger partial charge on any atom is 0.253 e. The topological polar surface area (TPSA) is 54.0 Å². The highest BCUT2D eigenvalue weighted by molar-refractivity contribution is 5.85. The molecule has 0 saturated carbocycles. The van der Waals surface area contributed by atoms with E-state index in [1.54, 1.807) is 24.3 Å². The van der Waals surface area contributed by atoms with Crippen LogP contribution in [-0.2, 0) is 14.3 Å². The van der Waals surface area contributed by atoms with E-state index >= 15 is 0 Å². The van der Waals surface area contributed by atoms with Crippen LogP contribution in [0.15, 0.2) is 48.5 Å². The van der Waals surface area contributed by atoms with Crippen LogP contribution in [0.2, 0.25) is 0 Å². The molecule has 2 saturated heterocycles. The second kappa shape index (κ2) is 12.4. The van der Waals surface area contributed by atoms with Gasteiger partial charge in [0.1, 0.15) is 23.8 Å². The number of rotatable bonds is 7. The molecule has 2 fully saturated rings. The molecule has 6 nitrogen and oxygen atoms in total. The lowest BCUT2D eigenvalue weighted by molar-refractivity contribution is -0.147. The molecular formula is C24H30ClF2N3O3. The lowest BCUT2D eigenvalue weighted by atomic mass is 10.0. The molecule has 0 aromatic heterocycles. The summed E-state index contributed by atoms with van der Waals surface area (Å²) in [5.74, 6) is -0.567. The summed E-state index contributed by atoms with van der Waals surface area (Å²) in [4.78, 5) is 16.7. The van der Waals surface area contributed by atoms with Crippen LogP contribution < -0.4 is 5.32 Å². The summed E-state index contributed by atoms with van der Waals surface area (Å²) in [5, 5.41) is 3.19. The van der Waals surface area contributed by atoms with Gasteiger partial charge in [-0.25, -0.2) is 8.78 Å². The van der Waals surface area contributed by atoms with Gasteiger partial charge in [0, 0.05) is 45.8 Å². The Morgan fingerprint density at radius 1 is 1.00 bits per heavy atom. The number of nitrogens with zero attached hydrogens (tertiary/aromatic N) is 2. The lowest BCUT2D eigenvalue weighted by Gasteiger charge is -2.37. The Morgan fingerprint density at radius 3 is 2.09 bits per heavy atom. The van der Waals surface area contributed by atoms with E-state index in [1.165, 1.54) is 24.3 Å². The number of amides is 1. The van der Waals surface area contributed by atoms with Crippen molar-refractivity contribution in [3.8, 4) is 0 Å². The van der Waals surface area contributed by atoms with Gasteiger partial charge in [-0.2, -0.15) is 0 Å². The smallest absolute Gasteiger partial charge is 0.253 e. The highest BCUT2D eigenvalue weighted by Crippen LogP contribution is 2.26. The zero-order chi connectivity index (χ0) is 22.3. The summed E-state index contributed by atoms with van der Waals surface area (Å²) < 4.78 is 38.5. The van der Waals surface area contributed by atoms with Crippen molar-refractivity contribution in [1.82, 2.24) is 15.1 Å². The van der Waals surface area contributed by atoms with E-state index in [0.717, 1.165) is 30.8 Å². The minimum atomic E-state index is -0.407. The molecule has 33 heavy (non-hydrogen) atoms. The fourth-order valence-corrected chi connectivity index (χ4v) is 4.08. The van der Waals surface area contributed by atoms with Crippen LogP contribution >= 0.6 is 12.4 Å². The number of benzene rings is 2. The Morgan fingerprint density at radius 2 is 1.58 bits per heavy atom. The molecule has 0 spiro atoms. The summed E-state index contributed by atoms with van der Waals surface area (Å²) in [7, 11) is 0. The highest BCUT2D eigenvalue weighted by atomic mass is 35.5. The molecule has 1 atom stereocenters. The van der Waals surface area contributed by atoms with Gasteiger partial charge in [0.2, 0.25) is 0 Å². The summed E-state index contributed by atoms with van der Waals surface area (Å²) in [6.45, 7) is 5.97. The number of hydrogen-bond acceptors (Lipinski definition) is 5. The molecular weight excluding hydrogens is 452 g/mol. The maximum absolute atomic E-state index is 13.4. The Labute approximate surface area is 199 Å². The first kappa shape index (κ1) is 25.5. The molecule has 1 amide bonds. The van der Waals surface area contributed by atoms with E-state index in [9.17, 15) is 13.6 Å². The second-order valence-corrected chi connectivity index (χ2v) is 8.08. The second-order valence-electron chi connectivity index (χ2n) is 8.08. The fourth-order valence-electron chi connectivity index (χ4n) is 4.08. The van der Waals surface area contributed by atoms with Crippen molar-refractivity contribution in [3.63, 3.8) is 0 Å². The van der Waals surface area contributed by atoms with Crippen LogP contribution in [0.4, 0.5) is 8.78 Å². The number of carbonyl (C=O) groups excluding carboxylic acids is 1. The predicted octanol–water partition coefficient (Wildman–Crippen LogP) is 2.63. The van der Waals surface area contributed by atoms with Crippen LogP contribution in [0.1, 0.15) is 17.2 Å². The molecule has 0 aliphatic carbocycles. The van der Waals surface area contributed by atoms with Gasteiger partial charge in [0.15, 0.2) is 0 Å². The number of morpholine rings is 1. The van der Waals surface area contributed by atoms with Gasteiger partial charge in [-0.1, -0.05) is 24.3 Å². The first-order chi connectivity index (χ1) is 15.6. The molecule has 2 heterocycles. The van der Waals surface area contributed by atoms with Crippen molar-refractivity contribution in [2.45, 2.75) is 12.2 Å². The summed E-state index contributed by atoms with van der Waals surface area (Å²) in [6.07, 6.45) is -0.791. The highest BCUT2D eigenvalue weighted by Gasteiger charge is 2.29. The average Bonchev–Trinajstić information content (AvgIpc) is 2.84. The van der Waals surface area contributed by atoms with E-state index in [4.69, 9.17) is 9.47 Å². The van der Waals surface area contributed by atoms with Crippen LogP contribution in [-0.4, -0.2) is 80.8 Å². The third kappa shape index (κ3) is 6.94. The Balaban J connectivity index is 0.00000306. The number of piperazine rings is 1. The largest absolute Gasteiger partial charge is 0.367 e. The van der Waals surface area contributed by atoms with Crippen molar-refractivity contribution in [2.24, 2.45) is 0 Å². The van der Waals surface area contributed by atoms with Crippen molar-refractivity contribution in [1.29, 1.82) is 0 Å². The number of carbonyl (C=O) groups is 1. The summed E-state index contributed by atoms with van der Waals surface area (Å²) in [6, 6.07) is 12.4. The standard InChI is InChI=1S/C24H29F2N3O3.ClH/c25-20-5-1-18(2-6-20)23(19-3-7-21(26)8-4-19)32-16-14-28-10-12-29(13-11-28)24(30)22-17-27-9-15-31-22;/h1-8,22-23,27H,9-17H2;1H. The van der Waals surface area contributed by atoms with Crippen molar-refractivity contribution in [2.75, 3.05) is 59.0 Å². The number of hydrogen-bond donors (Lipinski definition) is 1. The first-order valence-electron chi connectivity index (χ1n) is 11.1. The zero-order valence-electron chi connectivity index (χ0n) is 18.4. The molecule has 1 unspecified atom stereocenters. The SMILES string of the molecule is Cl.O=C(C1CNCCO1)N1CCN(CCOC(c2ccc(F)cc2)c2ccc(F)cc2)CC1. The quantitative estimate of drug-likeness (QED) is 0.659. The minimum Gasteiger partial charge on any atom is -0.367 e. The maximum atomic E-state index is 13.4. The number of ether oxygens (including phenoxy) is 2. The summed E-state index contributed by atoms with van der Waals surface area (Å²) in [5.41, 5.74) is 1.63. The van der Waals surface area contributed by atoms with Gasteiger partial charge < -0.3 is 19.7 Å². The molecule has 2 aromatic carbocycles. The average molecular weight is 482 g/mol. The molecule has 0 bridgehead atoms. The van der Waals surface area contributed by atoms with Gasteiger partial charge >= 0.3 is 0 Å². The van der Waals surface area contributed by atoms with Crippen LogP contribution in [0.25, 0.3) is 0 Å². The molecule has 2 aliphatic rings. The van der Waals surface area contributed by atoms with Gasteiger partial charge in [0.05, 0.1) is 13.2 Å².